The highest BCUT2D eigenvalue weighted by Gasteiger charge is 2.39. The number of phenolic OH excluding ortho intramolecular Hbond substituents is 1. The average Bonchev–Trinajstić information content (AvgIpc) is 2.76. The molecule has 2 heterocycles. The zero-order valence-corrected chi connectivity index (χ0v) is 18.9. The Balaban J connectivity index is 1.27. The van der Waals surface area contributed by atoms with Gasteiger partial charge < -0.3 is 29.9 Å². The van der Waals surface area contributed by atoms with Crippen molar-refractivity contribution in [3.8, 4) is 17.2 Å². The van der Waals surface area contributed by atoms with E-state index >= 15 is 0 Å². The molecule has 0 saturated carbocycles. The van der Waals surface area contributed by atoms with Gasteiger partial charge in [0.25, 0.3) is 0 Å². The van der Waals surface area contributed by atoms with Crippen LogP contribution >= 0.6 is 11.6 Å². The van der Waals surface area contributed by atoms with E-state index in [1.807, 2.05) is 18.2 Å². The molecule has 32 heavy (non-hydrogen) atoms. The minimum atomic E-state index is -0.702. The number of β-amino-alcohol motifs (C(OH)–C–C–N with tert-alkyl or cyclic N) is 1. The molecule has 7 nitrogen and oxygen atoms in total. The van der Waals surface area contributed by atoms with Crippen molar-refractivity contribution in [2.45, 2.75) is 44.3 Å². The molecule has 8 heteroatoms. The largest absolute Gasteiger partial charge is 0.508 e. The number of aromatic hydroxyl groups is 1. The van der Waals surface area contributed by atoms with Crippen LogP contribution in [-0.4, -0.2) is 59.0 Å². The highest BCUT2D eigenvalue weighted by molar-refractivity contribution is 6.30. The summed E-state index contributed by atoms with van der Waals surface area (Å²) < 4.78 is 12.1. The van der Waals surface area contributed by atoms with Crippen LogP contribution in [0.2, 0.25) is 5.02 Å². The number of piperidine rings is 1. The molecule has 0 aromatic heterocycles. The summed E-state index contributed by atoms with van der Waals surface area (Å²) in [6.07, 6.45) is 3.05. The van der Waals surface area contributed by atoms with Gasteiger partial charge in [-0.05, 0) is 61.6 Å². The summed E-state index contributed by atoms with van der Waals surface area (Å²) in [5.74, 6) is 1.05. The van der Waals surface area contributed by atoms with Gasteiger partial charge in [-0.3, -0.25) is 4.79 Å². The van der Waals surface area contributed by atoms with Gasteiger partial charge in [-0.2, -0.15) is 0 Å². The lowest BCUT2D eigenvalue weighted by molar-refractivity contribution is -0.114. The number of aliphatic hydroxyl groups is 1. The first-order valence-corrected chi connectivity index (χ1v) is 11.3. The number of nitrogens with zero attached hydrogens (tertiary/aromatic N) is 1. The highest BCUT2D eigenvalue weighted by Crippen LogP contribution is 2.40. The number of hydrogen-bond acceptors (Lipinski definition) is 6. The van der Waals surface area contributed by atoms with Crippen LogP contribution in [0, 0.1) is 0 Å². The molecule has 1 atom stereocenters. The highest BCUT2D eigenvalue weighted by atomic mass is 35.5. The van der Waals surface area contributed by atoms with Gasteiger partial charge in [-0.25, -0.2) is 0 Å². The topological polar surface area (TPSA) is 91.3 Å². The fraction of sp³-hybridized carbons (Fsp3) is 0.458. The quantitative estimate of drug-likeness (QED) is 0.570. The number of ether oxygens (including phenoxy) is 2. The zero-order valence-electron chi connectivity index (χ0n) is 18.1. The molecule has 2 aromatic carbocycles. The lowest BCUT2D eigenvalue weighted by Crippen LogP contribution is -2.51. The number of benzene rings is 2. The third-order valence-electron chi connectivity index (χ3n) is 6.14. The van der Waals surface area contributed by atoms with Crippen molar-refractivity contribution in [1.29, 1.82) is 0 Å². The molecule has 4 rings (SSSR count). The van der Waals surface area contributed by atoms with E-state index in [2.05, 4.69) is 10.2 Å². The van der Waals surface area contributed by atoms with Gasteiger partial charge in [-0.15, -0.1) is 0 Å². The second kappa shape index (κ2) is 9.57. The average molecular weight is 461 g/mol. The third kappa shape index (κ3) is 5.46. The molecule has 2 aliphatic heterocycles. The minimum Gasteiger partial charge on any atom is -0.508 e. The predicted octanol–water partition coefficient (Wildman–Crippen LogP) is 3.60. The molecule has 2 aliphatic rings. The van der Waals surface area contributed by atoms with E-state index < -0.39 is 6.10 Å². The van der Waals surface area contributed by atoms with Crippen LogP contribution in [-0.2, 0) is 11.2 Å². The van der Waals surface area contributed by atoms with Crippen molar-refractivity contribution in [1.82, 2.24) is 4.90 Å². The number of nitrogens with one attached hydrogen (secondary N) is 1. The molecular weight excluding hydrogens is 432 g/mol. The number of likely N-dealkylation sites (tertiary alicyclic amines) is 1. The Morgan fingerprint density at radius 1 is 1.25 bits per heavy atom. The Bertz CT molecular complexity index is 975. The van der Waals surface area contributed by atoms with Crippen molar-refractivity contribution in [3.05, 3.63) is 47.0 Å². The fourth-order valence-corrected chi connectivity index (χ4v) is 4.64. The molecule has 172 valence electrons. The first-order chi connectivity index (χ1) is 15.3. The Kier molecular flexibility index (Phi) is 6.79. The smallest absolute Gasteiger partial charge is 0.221 e. The minimum absolute atomic E-state index is 0.0289. The summed E-state index contributed by atoms with van der Waals surface area (Å²) in [5, 5.41) is 23.6. The number of fused-ring (bicyclic) bond motifs is 1. The summed E-state index contributed by atoms with van der Waals surface area (Å²) in [7, 11) is 0. The monoisotopic (exact) mass is 460 g/mol. The maximum atomic E-state index is 11.4. The van der Waals surface area contributed by atoms with Gasteiger partial charge in [0, 0.05) is 37.6 Å². The van der Waals surface area contributed by atoms with Crippen LogP contribution in [0.15, 0.2) is 36.4 Å². The van der Waals surface area contributed by atoms with E-state index in [0.717, 1.165) is 49.5 Å². The second-order valence-electron chi connectivity index (χ2n) is 8.66. The lowest BCUT2D eigenvalue weighted by atomic mass is 9.83. The van der Waals surface area contributed by atoms with Crippen LogP contribution in [0.3, 0.4) is 0 Å². The van der Waals surface area contributed by atoms with Crippen molar-refractivity contribution < 1.29 is 24.5 Å². The van der Waals surface area contributed by atoms with E-state index in [-0.39, 0.29) is 23.9 Å². The lowest BCUT2D eigenvalue weighted by Gasteiger charge is -2.45. The molecule has 0 bridgehead atoms. The van der Waals surface area contributed by atoms with Crippen LogP contribution in [0.25, 0.3) is 0 Å². The molecular formula is C24H29ClN2O5. The summed E-state index contributed by atoms with van der Waals surface area (Å²) in [6.45, 7) is 3.61. The maximum absolute atomic E-state index is 11.4. The summed E-state index contributed by atoms with van der Waals surface area (Å²) in [4.78, 5) is 13.6. The van der Waals surface area contributed by atoms with Crippen molar-refractivity contribution in [2.24, 2.45) is 0 Å². The summed E-state index contributed by atoms with van der Waals surface area (Å²) in [5.41, 5.74) is 1.48. The number of carbonyl (C=O) groups excluding carboxylic acids is 1. The number of amides is 1. The van der Waals surface area contributed by atoms with Crippen molar-refractivity contribution in [3.63, 3.8) is 0 Å². The normalized spacial score (nSPS) is 18.5. The number of phenols is 1. The molecule has 1 saturated heterocycles. The number of carbonyl (C=O) groups is 1. The second-order valence-corrected chi connectivity index (χ2v) is 9.10. The first-order valence-electron chi connectivity index (χ1n) is 10.9. The third-order valence-corrected chi connectivity index (χ3v) is 6.38. The van der Waals surface area contributed by atoms with Gasteiger partial charge in [-0.1, -0.05) is 11.6 Å². The van der Waals surface area contributed by atoms with Gasteiger partial charge in [0.2, 0.25) is 5.91 Å². The van der Waals surface area contributed by atoms with E-state index in [1.165, 1.54) is 24.6 Å². The predicted molar refractivity (Wildman–Crippen MR) is 123 cm³/mol. The van der Waals surface area contributed by atoms with E-state index in [1.54, 1.807) is 6.07 Å². The van der Waals surface area contributed by atoms with E-state index in [0.29, 0.717) is 18.0 Å². The Hall–Kier alpha value is -2.48. The van der Waals surface area contributed by atoms with E-state index in [4.69, 9.17) is 21.1 Å². The number of hydrogen-bond donors (Lipinski definition) is 3. The molecule has 1 amide bonds. The van der Waals surface area contributed by atoms with Crippen LogP contribution in [0.1, 0.15) is 31.7 Å². The summed E-state index contributed by atoms with van der Waals surface area (Å²) >= 11 is 6.10. The SMILES string of the molecule is CC(=O)Nc1ccc(O)cc1OC[C@H](O)CN1CCC2(CCc3cc(Cl)ccc3O2)CC1. The number of rotatable bonds is 6. The number of aryl methyl sites for hydroxylation is 1. The molecule has 0 aliphatic carbocycles. The Morgan fingerprint density at radius 3 is 2.78 bits per heavy atom. The molecule has 2 aromatic rings. The van der Waals surface area contributed by atoms with Crippen LogP contribution in [0.4, 0.5) is 5.69 Å². The first kappa shape index (κ1) is 22.7. The molecule has 1 spiro atoms. The van der Waals surface area contributed by atoms with Crippen LogP contribution in [0.5, 0.6) is 17.2 Å². The summed E-state index contributed by atoms with van der Waals surface area (Å²) in [6, 6.07) is 10.3. The molecule has 0 radical (unpaired) electrons. The van der Waals surface area contributed by atoms with Gasteiger partial charge in [0.05, 0.1) is 5.69 Å². The molecule has 0 unspecified atom stereocenters. The van der Waals surface area contributed by atoms with Gasteiger partial charge in [0.15, 0.2) is 0 Å². The van der Waals surface area contributed by atoms with Crippen molar-refractivity contribution in [2.75, 3.05) is 31.6 Å². The standard InChI is InChI=1S/C24H29ClN2O5/c1-16(28)26-21-4-3-19(29)13-23(21)31-15-20(30)14-27-10-8-24(9-11-27)7-6-17-12-18(25)2-5-22(17)32-24/h2-5,12-13,20,29-30H,6-11,14-15H2,1H3,(H,26,28)/t20-/m1/s1. The Morgan fingerprint density at radius 2 is 2.03 bits per heavy atom. The van der Waals surface area contributed by atoms with Crippen molar-refractivity contribution >= 4 is 23.2 Å². The van der Waals surface area contributed by atoms with Gasteiger partial charge in [0.1, 0.15) is 35.6 Å². The molecule has 3 N–H and O–H groups in total. The number of anilines is 1. The molecule has 1 fully saturated rings. The maximum Gasteiger partial charge on any atom is 0.221 e. The van der Waals surface area contributed by atoms with Crippen LogP contribution < -0.4 is 14.8 Å². The van der Waals surface area contributed by atoms with E-state index in [9.17, 15) is 15.0 Å². The fourth-order valence-electron chi connectivity index (χ4n) is 4.44. The number of halogens is 1. The zero-order chi connectivity index (χ0) is 22.7. The Labute approximate surface area is 192 Å². The van der Waals surface area contributed by atoms with Gasteiger partial charge >= 0.3 is 0 Å². The number of aliphatic hydroxyl groups excluding tert-OH is 1.